The number of aryl methyl sites for hydroxylation is 1. The summed E-state index contributed by atoms with van der Waals surface area (Å²) in [4.78, 5) is 14.0. The summed E-state index contributed by atoms with van der Waals surface area (Å²) in [5.41, 5.74) is 3.26. The molecule has 2 rings (SSSR count). The molecular formula is C16H20ClN5O3. The number of aromatic amines is 1. The summed E-state index contributed by atoms with van der Waals surface area (Å²) in [6, 6.07) is 3.49. The molecule has 0 aliphatic rings. The van der Waals surface area contributed by atoms with Crippen LogP contribution in [0.2, 0.25) is 5.02 Å². The van der Waals surface area contributed by atoms with Crippen LogP contribution >= 0.6 is 11.6 Å². The van der Waals surface area contributed by atoms with Gasteiger partial charge in [-0.25, -0.2) is 5.43 Å². The molecule has 0 fully saturated rings. The Balaban J connectivity index is 2.17. The quantitative estimate of drug-likeness (QED) is 0.551. The fourth-order valence-electron chi connectivity index (χ4n) is 1.88. The molecule has 25 heavy (non-hydrogen) atoms. The topological polar surface area (TPSA) is 101 Å². The van der Waals surface area contributed by atoms with Crippen LogP contribution in [0, 0.1) is 6.92 Å². The van der Waals surface area contributed by atoms with E-state index in [1.165, 1.54) is 6.21 Å². The molecule has 2 aromatic rings. The molecule has 0 bridgehead atoms. The highest BCUT2D eigenvalue weighted by Gasteiger charge is 2.12. The summed E-state index contributed by atoms with van der Waals surface area (Å²) in [7, 11) is 0. The smallest absolute Gasteiger partial charge is 0.274 e. The molecule has 1 aromatic carbocycles. The van der Waals surface area contributed by atoms with Gasteiger partial charge in [0.15, 0.2) is 11.5 Å². The molecule has 0 spiro atoms. The maximum atomic E-state index is 11.5. The van der Waals surface area contributed by atoms with Gasteiger partial charge in [0.2, 0.25) is 5.95 Å². The number of H-pyrrole nitrogens is 1. The van der Waals surface area contributed by atoms with E-state index < -0.39 is 0 Å². The first kappa shape index (κ1) is 18.7. The fraction of sp³-hybridized carbons (Fsp3) is 0.375. The second-order valence-corrected chi connectivity index (χ2v) is 5.48. The molecule has 134 valence electrons. The lowest BCUT2D eigenvalue weighted by atomic mass is 10.2. The van der Waals surface area contributed by atoms with Gasteiger partial charge in [-0.05, 0) is 38.0 Å². The summed E-state index contributed by atoms with van der Waals surface area (Å²) < 4.78 is 11.2. The molecule has 2 N–H and O–H groups in total. The second-order valence-electron chi connectivity index (χ2n) is 5.07. The average molecular weight is 366 g/mol. The molecule has 0 unspecified atom stereocenters. The van der Waals surface area contributed by atoms with Gasteiger partial charge >= 0.3 is 0 Å². The normalized spacial score (nSPS) is 10.9. The van der Waals surface area contributed by atoms with Crippen LogP contribution in [0.15, 0.2) is 22.0 Å². The van der Waals surface area contributed by atoms with Crippen LogP contribution in [0.4, 0.5) is 5.95 Å². The van der Waals surface area contributed by atoms with E-state index in [0.717, 1.165) is 6.42 Å². The Morgan fingerprint density at radius 1 is 1.32 bits per heavy atom. The molecule has 8 nitrogen and oxygen atoms in total. The molecule has 0 aliphatic heterocycles. The van der Waals surface area contributed by atoms with Gasteiger partial charge in [0, 0.05) is 0 Å². The third kappa shape index (κ3) is 5.18. The zero-order valence-electron chi connectivity index (χ0n) is 14.3. The lowest BCUT2D eigenvalue weighted by molar-refractivity contribution is 0.277. The van der Waals surface area contributed by atoms with Gasteiger partial charge in [0.05, 0.1) is 24.5 Å². The van der Waals surface area contributed by atoms with E-state index in [0.29, 0.717) is 35.3 Å². The van der Waals surface area contributed by atoms with Crippen molar-refractivity contribution in [1.82, 2.24) is 15.2 Å². The van der Waals surface area contributed by atoms with Crippen molar-refractivity contribution in [2.24, 2.45) is 5.10 Å². The Kier molecular flexibility index (Phi) is 6.76. The van der Waals surface area contributed by atoms with Crippen LogP contribution in [-0.4, -0.2) is 34.6 Å². The molecular weight excluding hydrogens is 346 g/mol. The van der Waals surface area contributed by atoms with Crippen LogP contribution in [0.25, 0.3) is 0 Å². The van der Waals surface area contributed by atoms with E-state index in [-0.39, 0.29) is 17.2 Å². The van der Waals surface area contributed by atoms with E-state index in [1.54, 1.807) is 19.1 Å². The van der Waals surface area contributed by atoms with Crippen molar-refractivity contribution in [1.29, 1.82) is 0 Å². The number of nitrogens with zero attached hydrogens (tertiary/aromatic N) is 3. The number of aromatic nitrogens is 3. The first-order valence-corrected chi connectivity index (χ1v) is 8.24. The Morgan fingerprint density at radius 2 is 2.12 bits per heavy atom. The van der Waals surface area contributed by atoms with Crippen molar-refractivity contribution in [2.45, 2.75) is 27.2 Å². The standard InChI is InChI=1S/C16H20ClN5O3/c1-4-6-25-14-12(17)7-11(8-13(14)24-5-2)9-18-21-16-19-15(23)10(3)20-22-16/h7-9H,4-6H2,1-3H3,(H2,19,21,22,23)/b18-9+. The number of hydrogen-bond acceptors (Lipinski definition) is 7. The van der Waals surface area contributed by atoms with Crippen LogP contribution in [-0.2, 0) is 0 Å². The van der Waals surface area contributed by atoms with Crippen molar-refractivity contribution in [3.05, 3.63) is 38.8 Å². The van der Waals surface area contributed by atoms with Gasteiger partial charge in [-0.2, -0.15) is 5.10 Å². The van der Waals surface area contributed by atoms with Gasteiger partial charge in [0.1, 0.15) is 5.69 Å². The van der Waals surface area contributed by atoms with E-state index in [2.05, 4.69) is 25.7 Å². The van der Waals surface area contributed by atoms with Crippen molar-refractivity contribution in [3.63, 3.8) is 0 Å². The minimum Gasteiger partial charge on any atom is -0.490 e. The van der Waals surface area contributed by atoms with Gasteiger partial charge in [-0.15, -0.1) is 10.2 Å². The Morgan fingerprint density at radius 3 is 2.80 bits per heavy atom. The van der Waals surface area contributed by atoms with Gasteiger partial charge in [-0.1, -0.05) is 18.5 Å². The maximum absolute atomic E-state index is 11.5. The SMILES string of the molecule is CCCOc1c(Cl)cc(/C=N/Nc2nnc(C)c(=O)[nH]2)cc1OCC. The van der Waals surface area contributed by atoms with E-state index in [9.17, 15) is 4.79 Å². The van der Waals surface area contributed by atoms with Crippen LogP contribution in [0.1, 0.15) is 31.5 Å². The van der Waals surface area contributed by atoms with Gasteiger partial charge in [0.25, 0.3) is 5.56 Å². The summed E-state index contributed by atoms with van der Waals surface area (Å²) in [6.45, 7) is 6.50. The minimum atomic E-state index is -0.327. The zero-order valence-corrected chi connectivity index (χ0v) is 15.1. The minimum absolute atomic E-state index is 0.144. The number of benzene rings is 1. The van der Waals surface area contributed by atoms with Crippen LogP contribution in [0.3, 0.4) is 0 Å². The highest BCUT2D eigenvalue weighted by Crippen LogP contribution is 2.36. The number of rotatable bonds is 8. The zero-order chi connectivity index (χ0) is 18.2. The lowest BCUT2D eigenvalue weighted by Crippen LogP contribution is -2.15. The van der Waals surface area contributed by atoms with Crippen LogP contribution < -0.4 is 20.5 Å². The number of hydrogen-bond donors (Lipinski definition) is 2. The largest absolute Gasteiger partial charge is 0.490 e. The fourth-order valence-corrected chi connectivity index (χ4v) is 2.15. The average Bonchev–Trinajstić information content (AvgIpc) is 2.58. The Bertz CT molecular complexity index is 807. The van der Waals surface area contributed by atoms with Crippen molar-refractivity contribution < 1.29 is 9.47 Å². The van der Waals surface area contributed by atoms with E-state index >= 15 is 0 Å². The van der Waals surface area contributed by atoms with Crippen molar-refractivity contribution >= 4 is 23.8 Å². The molecule has 0 amide bonds. The molecule has 9 heteroatoms. The first-order chi connectivity index (χ1) is 12.0. The first-order valence-electron chi connectivity index (χ1n) is 7.87. The third-order valence-corrected chi connectivity index (χ3v) is 3.31. The molecule has 1 heterocycles. The molecule has 0 radical (unpaired) electrons. The Hall–Kier alpha value is -2.61. The summed E-state index contributed by atoms with van der Waals surface area (Å²) >= 11 is 6.28. The summed E-state index contributed by atoms with van der Waals surface area (Å²) in [6.07, 6.45) is 2.39. The maximum Gasteiger partial charge on any atom is 0.274 e. The number of nitrogens with one attached hydrogen (secondary N) is 2. The second kappa shape index (κ2) is 9.03. The molecule has 0 saturated carbocycles. The van der Waals surface area contributed by atoms with Gasteiger partial charge in [-0.3, -0.25) is 9.78 Å². The summed E-state index contributed by atoms with van der Waals surface area (Å²) in [5, 5.41) is 11.9. The number of ether oxygens (including phenoxy) is 2. The van der Waals surface area contributed by atoms with E-state index in [1.807, 2.05) is 13.8 Å². The number of halogens is 1. The predicted molar refractivity (Wildman–Crippen MR) is 97.0 cm³/mol. The molecule has 0 aliphatic carbocycles. The third-order valence-electron chi connectivity index (χ3n) is 3.03. The monoisotopic (exact) mass is 365 g/mol. The number of anilines is 1. The molecule has 0 saturated heterocycles. The molecule has 1 aromatic heterocycles. The highest BCUT2D eigenvalue weighted by atomic mass is 35.5. The van der Waals surface area contributed by atoms with Crippen molar-refractivity contribution in [2.75, 3.05) is 18.6 Å². The lowest BCUT2D eigenvalue weighted by Gasteiger charge is -2.13. The van der Waals surface area contributed by atoms with Gasteiger partial charge < -0.3 is 9.47 Å². The predicted octanol–water partition coefficient (Wildman–Crippen LogP) is 2.76. The molecule has 0 atom stereocenters. The van der Waals surface area contributed by atoms with Crippen LogP contribution in [0.5, 0.6) is 11.5 Å². The highest BCUT2D eigenvalue weighted by molar-refractivity contribution is 6.32. The van der Waals surface area contributed by atoms with E-state index in [4.69, 9.17) is 21.1 Å². The Labute approximate surface area is 150 Å². The van der Waals surface area contributed by atoms with Crippen molar-refractivity contribution in [3.8, 4) is 11.5 Å². The number of hydrazone groups is 1. The summed E-state index contributed by atoms with van der Waals surface area (Å²) in [5.74, 6) is 1.21.